The number of aromatic nitrogens is 1. The van der Waals surface area contributed by atoms with E-state index in [1.165, 1.54) is 11.3 Å². The van der Waals surface area contributed by atoms with Crippen LogP contribution in [0, 0.1) is 13.8 Å². The number of methoxy groups -OCH3 is 1. The summed E-state index contributed by atoms with van der Waals surface area (Å²) < 4.78 is 10.8. The fourth-order valence-corrected chi connectivity index (χ4v) is 3.12. The summed E-state index contributed by atoms with van der Waals surface area (Å²) >= 11 is 7.70. The van der Waals surface area contributed by atoms with Crippen LogP contribution in [0.2, 0.25) is 5.02 Å². The van der Waals surface area contributed by atoms with E-state index in [1.54, 1.807) is 26.2 Å². The fraction of sp³-hybridized carbons (Fsp3) is 0.176. The molecule has 0 aliphatic carbocycles. The van der Waals surface area contributed by atoms with E-state index < -0.39 is 0 Å². The van der Waals surface area contributed by atoms with Crippen molar-refractivity contribution in [2.24, 2.45) is 0 Å². The van der Waals surface area contributed by atoms with Crippen molar-refractivity contribution in [3.63, 3.8) is 0 Å². The van der Waals surface area contributed by atoms with Crippen LogP contribution < -0.4 is 10.1 Å². The first kappa shape index (κ1) is 16.5. The average molecular weight is 363 g/mol. The van der Waals surface area contributed by atoms with Gasteiger partial charge in [0.25, 0.3) is 5.91 Å². The molecule has 5 nitrogen and oxygen atoms in total. The first-order chi connectivity index (χ1) is 11.5. The third kappa shape index (κ3) is 3.16. The second-order valence-electron chi connectivity index (χ2n) is 5.16. The summed E-state index contributed by atoms with van der Waals surface area (Å²) in [6.07, 6.45) is 0. The van der Waals surface area contributed by atoms with Gasteiger partial charge in [0.05, 0.1) is 22.7 Å². The van der Waals surface area contributed by atoms with Crippen LogP contribution in [-0.2, 0) is 0 Å². The molecule has 124 valence electrons. The lowest BCUT2D eigenvalue weighted by molar-refractivity contribution is 0.102. The number of carbonyl (C=O) groups is 1. The lowest BCUT2D eigenvalue weighted by atomic mass is 10.2. The number of hydrogen-bond donors (Lipinski definition) is 1. The highest BCUT2D eigenvalue weighted by Gasteiger charge is 2.20. The molecule has 0 saturated heterocycles. The maximum atomic E-state index is 12.5. The highest BCUT2D eigenvalue weighted by Crippen LogP contribution is 2.31. The molecule has 7 heteroatoms. The molecule has 0 fully saturated rings. The Morgan fingerprint density at radius 1 is 1.38 bits per heavy atom. The van der Waals surface area contributed by atoms with Gasteiger partial charge in [0.2, 0.25) is 5.89 Å². The lowest BCUT2D eigenvalue weighted by Gasteiger charge is -2.10. The minimum atomic E-state index is -0.370. The quantitative estimate of drug-likeness (QED) is 0.714. The van der Waals surface area contributed by atoms with Gasteiger partial charge >= 0.3 is 0 Å². The van der Waals surface area contributed by atoms with Crippen molar-refractivity contribution in [3.8, 4) is 16.5 Å². The number of carbonyl (C=O) groups excluding carboxylic acids is 1. The molecule has 0 aliphatic rings. The van der Waals surface area contributed by atoms with Gasteiger partial charge in [-0.25, -0.2) is 4.98 Å². The van der Waals surface area contributed by atoms with Crippen LogP contribution in [-0.4, -0.2) is 18.0 Å². The highest BCUT2D eigenvalue weighted by molar-refractivity contribution is 7.13. The van der Waals surface area contributed by atoms with E-state index in [1.807, 2.05) is 24.4 Å². The first-order valence-electron chi connectivity index (χ1n) is 7.16. The minimum absolute atomic E-state index is 0.239. The molecule has 0 radical (unpaired) electrons. The molecule has 1 N–H and O–H groups in total. The van der Waals surface area contributed by atoms with Crippen LogP contribution in [0.25, 0.3) is 10.8 Å². The molecule has 0 spiro atoms. The summed E-state index contributed by atoms with van der Waals surface area (Å²) in [5.41, 5.74) is 1.61. The molecule has 2 heterocycles. The molecule has 2 aromatic heterocycles. The highest BCUT2D eigenvalue weighted by atomic mass is 35.5. The van der Waals surface area contributed by atoms with E-state index in [2.05, 4.69) is 10.3 Å². The molecule has 0 unspecified atom stereocenters. The maximum absolute atomic E-state index is 12.5. The number of benzene rings is 1. The number of anilines is 1. The molecular weight excluding hydrogens is 348 g/mol. The number of halogens is 1. The van der Waals surface area contributed by atoms with Crippen molar-refractivity contribution in [1.82, 2.24) is 4.98 Å². The zero-order valence-electron chi connectivity index (χ0n) is 13.3. The molecule has 24 heavy (non-hydrogen) atoms. The molecule has 0 aliphatic heterocycles. The van der Waals surface area contributed by atoms with E-state index in [0.29, 0.717) is 28.1 Å². The Balaban J connectivity index is 1.87. The van der Waals surface area contributed by atoms with Crippen molar-refractivity contribution >= 4 is 34.5 Å². The predicted octanol–water partition coefficient (Wildman–Crippen LogP) is 4.93. The monoisotopic (exact) mass is 362 g/mol. The second kappa shape index (κ2) is 6.67. The molecule has 0 saturated carbocycles. The maximum Gasteiger partial charge on any atom is 0.277 e. The zero-order valence-corrected chi connectivity index (χ0v) is 14.9. The molecule has 1 amide bonds. The van der Waals surface area contributed by atoms with Gasteiger partial charge in [0.1, 0.15) is 11.5 Å². The van der Waals surface area contributed by atoms with Crippen molar-refractivity contribution < 1.29 is 13.9 Å². The van der Waals surface area contributed by atoms with Gasteiger partial charge < -0.3 is 14.5 Å². The number of rotatable bonds is 4. The Kier molecular flexibility index (Phi) is 4.59. The number of hydrogen-bond acceptors (Lipinski definition) is 5. The summed E-state index contributed by atoms with van der Waals surface area (Å²) in [5, 5.41) is 5.09. The topological polar surface area (TPSA) is 64.4 Å². The van der Waals surface area contributed by atoms with E-state index in [4.69, 9.17) is 20.8 Å². The van der Waals surface area contributed by atoms with Crippen molar-refractivity contribution in [2.75, 3.05) is 12.4 Å². The summed E-state index contributed by atoms with van der Waals surface area (Å²) in [6.45, 7) is 3.58. The number of amides is 1. The summed E-state index contributed by atoms with van der Waals surface area (Å²) in [4.78, 5) is 17.7. The zero-order chi connectivity index (χ0) is 17.3. The SMILES string of the molecule is COc1cc(Cl)c(NC(=O)c2nc(-c3cccs3)oc2C)cc1C. The number of thiophene rings is 1. The van der Waals surface area contributed by atoms with Gasteiger partial charge in [-0.1, -0.05) is 17.7 Å². The normalized spacial score (nSPS) is 10.7. The Labute approximate surface area is 148 Å². The number of oxazole rings is 1. The lowest BCUT2D eigenvalue weighted by Crippen LogP contribution is -2.14. The van der Waals surface area contributed by atoms with E-state index in [9.17, 15) is 4.79 Å². The van der Waals surface area contributed by atoms with Gasteiger partial charge in [-0.05, 0) is 36.9 Å². The number of nitrogens with zero attached hydrogens (tertiary/aromatic N) is 1. The van der Waals surface area contributed by atoms with Crippen LogP contribution in [0.4, 0.5) is 5.69 Å². The van der Waals surface area contributed by atoms with Crippen LogP contribution in [0.5, 0.6) is 5.75 Å². The van der Waals surface area contributed by atoms with Gasteiger partial charge in [-0.15, -0.1) is 11.3 Å². The largest absolute Gasteiger partial charge is 0.496 e. The number of ether oxygens (including phenoxy) is 1. The molecule has 0 bridgehead atoms. The Hall–Kier alpha value is -2.31. The van der Waals surface area contributed by atoms with Crippen molar-refractivity contribution in [3.05, 3.63) is 51.7 Å². The van der Waals surface area contributed by atoms with E-state index in [0.717, 1.165) is 10.4 Å². The van der Waals surface area contributed by atoms with Gasteiger partial charge in [-0.3, -0.25) is 4.79 Å². The summed E-state index contributed by atoms with van der Waals surface area (Å²) in [6, 6.07) is 7.22. The van der Waals surface area contributed by atoms with Gasteiger partial charge in [-0.2, -0.15) is 0 Å². The molecule has 3 rings (SSSR count). The summed E-state index contributed by atoms with van der Waals surface area (Å²) in [7, 11) is 1.57. The van der Waals surface area contributed by atoms with E-state index in [-0.39, 0.29) is 11.6 Å². The van der Waals surface area contributed by atoms with Gasteiger partial charge in [0, 0.05) is 6.07 Å². The second-order valence-corrected chi connectivity index (χ2v) is 6.51. The van der Waals surface area contributed by atoms with Crippen molar-refractivity contribution in [2.45, 2.75) is 13.8 Å². The minimum Gasteiger partial charge on any atom is -0.496 e. The smallest absolute Gasteiger partial charge is 0.277 e. The van der Waals surface area contributed by atoms with E-state index >= 15 is 0 Å². The van der Waals surface area contributed by atoms with Crippen LogP contribution in [0.3, 0.4) is 0 Å². The summed E-state index contributed by atoms with van der Waals surface area (Å²) in [5.74, 6) is 1.18. The number of nitrogens with one attached hydrogen (secondary N) is 1. The van der Waals surface area contributed by atoms with Crippen LogP contribution in [0.15, 0.2) is 34.1 Å². The third-order valence-corrected chi connectivity index (χ3v) is 4.65. The van der Waals surface area contributed by atoms with Crippen LogP contribution >= 0.6 is 22.9 Å². The molecular formula is C17H15ClN2O3S. The van der Waals surface area contributed by atoms with Crippen LogP contribution in [0.1, 0.15) is 21.8 Å². The average Bonchev–Trinajstić information content (AvgIpc) is 3.19. The number of aryl methyl sites for hydroxylation is 2. The Bertz CT molecular complexity index is 888. The van der Waals surface area contributed by atoms with Crippen molar-refractivity contribution in [1.29, 1.82) is 0 Å². The fourth-order valence-electron chi connectivity index (χ4n) is 2.27. The Morgan fingerprint density at radius 3 is 2.83 bits per heavy atom. The van der Waals surface area contributed by atoms with Gasteiger partial charge in [0.15, 0.2) is 5.69 Å². The standard InChI is InChI=1S/C17H15ClN2O3S/c1-9-7-12(11(18)8-13(9)22-3)19-16(21)15-10(2)23-17(20-15)14-5-4-6-24-14/h4-8H,1-3H3,(H,19,21). The molecule has 3 aromatic rings. The predicted molar refractivity (Wildman–Crippen MR) is 95.2 cm³/mol. The Morgan fingerprint density at radius 2 is 2.17 bits per heavy atom. The molecule has 0 atom stereocenters. The third-order valence-electron chi connectivity index (χ3n) is 3.48. The first-order valence-corrected chi connectivity index (χ1v) is 8.42. The molecule has 1 aromatic carbocycles.